The maximum absolute atomic E-state index is 13.5. The molecule has 6 aliphatic rings. The molecule has 4 heterocycles. The van der Waals surface area contributed by atoms with Crippen LogP contribution >= 0.6 is 11.6 Å². The predicted molar refractivity (Wildman–Crippen MR) is 137 cm³/mol. The second kappa shape index (κ2) is 8.78. The maximum atomic E-state index is 13.5. The van der Waals surface area contributed by atoms with Crippen LogP contribution in [0.1, 0.15) is 65.9 Å². The molecule has 2 saturated carbocycles. The van der Waals surface area contributed by atoms with E-state index in [0.717, 1.165) is 55.6 Å². The van der Waals surface area contributed by atoms with Gasteiger partial charge in [0, 0.05) is 48.1 Å². The highest BCUT2D eigenvalue weighted by Gasteiger charge is 2.63. The van der Waals surface area contributed by atoms with Gasteiger partial charge in [0.25, 0.3) is 11.8 Å². The first-order valence-corrected chi connectivity index (χ1v) is 13.9. The van der Waals surface area contributed by atoms with Crippen molar-refractivity contribution >= 4 is 29.3 Å². The van der Waals surface area contributed by atoms with Gasteiger partial charge in [-0.1, -0.05) is 24.1 Å². The van der Waals surface area contributed by atoms with E-state index >= 15 is 0 Å². The summed E-state index contributed by atoms with van der Waals surface area (Å²) in [6, 6.07) is 10.5. The number of nitrogens with zero attached hydrogens (tertiary/aromatic N) is 2. The summed E-state index contributed by atoms with van der Waals surface area (Å²) in [5.41, 5.74) is 1.55. The number of piperidine rings is 2. The van der Waals surface area contributed by atoms with Crippen molar-refractivity contribution in [1.82, 2.24) is 15.1 Å². The number of amides is 3. The van der Waals surface area contributed by atoms with Crippen LogP contribution in [0, 0.1) is 11.7 Å². The molecule has 8 rings (SSSR count). The molecule has 2 aromatic carbocycles. The number of imide groups is 1. The fourth-order valence-electron chi connectivity index (χ4n) is 7.14. The average molecular weight is 538 g/mol. The zero-order chi connectivity index (χ0) is 26.2. The van der Waals surface area contributed by atoms with Gasteiger partial charge < -0.3 is 9.64 Å². The van der Waals surface area contributed by atoms with Gasteiger partial charge >= 0.3 is 0 Å². The number of hydrogen-bond donors (Lipinski definition) is 1. The van der Waals surface area contributed by atoms with Crippen molar-refractivity contribution in [3.05, 3.63) is 63.9 Å². The Balaban J connectivity index is 1.04. The molecule has 2 bridgehead atoms. The van der Waals surface area contributed by atoms with Gasteiger partial charge in [0.2, 0.25) is 5.91 Å². The van der Waals surface area contributed by atoms with E-state index in [0.29, 0.717) is 41.9 Å². The number of nitrogens with one attached hydrogen (secondary N) is 1. The van der Waals surface area contributed by atoms with Crippen molar-refractivity contribution in [2.75, 3.05) is 13.1 Å². The van der Waals surface area contributed by atoms with Crippen LogP contribution in [-0.2, 0) is 16.1 Å². The standard InChI is InChI=1S/C29H29ClFN3O4/c30-23-10-19(31)5-7-21(23)18-13-33(14-18)24-3-1-2-4-25(24)38-20-6-8-22-16(9-20)15-34(27(22)36)29-11-17(12-29)26(35)32-28(29)37/h5-10,17-18,24-25H,1-4,11-15H2,(H,32,35,37)/t17?,24-,25+,29?/m0/s1. The lowest BCUT2D eigenvalue weighted by molar-refractivity contribution is -0.160. The number of halogens is 2. The van der Waals surface area contributed by atoms with E-state index in [9.17, 15) is 18.8 Å². The van der Waals surface area contributed by atoms with Gasteiger partial charge in [-0.2, -0.15) is 0 Å². The van der Waals surface area contributed by atoms with Crippen LogP contribution in [0.2, 0.25) is 5.02 Å². The Morgan fingerprint density at radius 3 is 2.55 bits per heavy atom. The molecule has 198 valence electrons. The largest absolute Gasteiger partial charge is 0.489 e. The minimum absolute atomic E-state index is 0.0424. The Morgan fingerprint density at radius 1 is 1.00 bits per heavy atom. The molecule has 1 N–H and O–H groups in total. The fourth-order valence-corrected chi connectivity index (χ4v) is 7.46. The normalized spacial score (nSPS) is 30.9. The zero-order valence-electron chi connectivity index (χ0n) is 20.9. The summed E-state index contributed by atoms with van der Waals surface area (Å²) in [6.45, 7) is 2.09. The van der Waals surface area contributed by atoms with E-state index in [2.05, 4.69) is 10.2 Å². The topological polar surface area (TPSA) is 79.0 Å². The lowest BCUT2D eigenvalue weighted by atomic mass is 9.63. The van der Waals surface area contributed by atoms with Crippen LogP contribution in [0.5, 0.6) is 5.75 Å². The average Bonchev–Trinajstić information content (AvgIpc) is 3.15. The molecule has 2 atom stereocenters. The summed E-state index contributed by atoms with van der Waals surface area (Å²) in [5, 5.41) is 2.92. The summed E-state index contributed by atoms with van der Waals surface area (Å²) in [4.78, 5) is 41.9. The third kappa shape index (κ3) is 3.67. The van der Waals surface area contributed by atoms with Crippen LogP contribution in [0.3, 0.4) is 0 Å². The lowest BCUT2D eigenvalue weighted by Gasteiger charge is -2.53. The second-order valence-electron chi connectivity index (χ2n) is 11.5. The molecule has 0 spiro atoms. The number of ether oxygens (including phenoxy) is 1. The number of carbonyl (C=O) groups is 3. The van der Waals surface area contributed by atoms with Crippen molar-refractivity contribution in [3.8, 4) is 5.75 Å². The van der Waals surface area contributed by atoms with E-state index in [1.54, 1.807) is 17.0 Å². The molecule has 3 amide bonds. The minimum atomic E-state index is -0.911. The van der Waals surface area contributed by atoms with E-state index in [-0.39, 0.29) is 35.6 Å². The van der Waals surface area contributed by atoms with E-state index in [1.807, 2.05) is 12.1 Å². The van der Waals surface area contributed by atoms with Gasteiger partial charge in [0.05, 0.1) is 0 Å². The Labute approximate surface area is 225 Å². The van der Waals surface area contributed by atoms with Gasteiger partial charge in [0.1, 0.15) is 23.2 Å². The second-order valence-corrected chi connectivity index (χ2v) is 11.9. The molecular formula is C29H29ClFN3O4. The molecule has 2 aromatic rings. The van der Waals surface area contributed by atoms with Gasteiger partial charge in [0.15, 0.2) is 0 Å². The van der Waals surface area contributed by atoms with E-state index < -0.39 is 5.54 Å². The van der Waals surface area contributed by atoms with Crippen molar-refractivity contribution in [1.29, 1.82) is 0 Å². The molecule has 2 aliphatic carbocycles. The Morgan fingerprint density at radius 2 is 1.79 bits per heavy atom. The molecule has 38 heavy (non-hydrogen) atoms. The lowest BCUT2D eigenvalue weighted by Crippen LogP contribution is -2.73. The first-order valence-electron chi connectivity index (χ1n) is 13.5. The molecule has 0 radical (unpaired) electrons. The third-order valence-electron chi connectivity index (χ3n) is 9.33. The molecule has 9 heteroatoms. The van der Waals surface area contributed by atoms with Crippen LogP contribution in [0.4, 0.5) is 4.39 Å². The number of hydrogen-bond acceptors (Lipinski definition) is 5. The first-order chi connectivity index (χ1) is 18.3. The number of carbonyl (C=O) groups excluding carboxylic acids is 3. The maximum Gasteiger partial charge on any atom is 0.255 e. The smallest absolute Gasteiger partial charge is 0.255 e. The molecular weight excluding hydrogens is 509 g/mol. The summed E-state index contributed by atoms with van der Waals surface area (Å²) in [6.07, 6.45) is 5.14. The highest BCUT2D eigenvalue weighted by atomic mass is 35.5. The number of fused-ring (bicyclic) bond motifs is 3. The highest BCUT2D eigenvalue weighted by Crippen LogP contribution is 2.49. The fraction of sp³-hybridized carbons (Fsp3) is 0.483. The summed E-state index contributed by atoms with van der Waals surface area (Å²) in [7, 11) is 0. The quantitative estimate of drug-likeness (QED) is 0.583. The van der Waals surface area contributed by atoms with Crippen LogP contribution < -0.4 is 10.1 Å². The van der Waals surface area contributed by atoms with Crippen LogP contribution in [0.25, 0.3) is 0 Å². The first kappa shape index (κ1) is 24.1. The van der Waals surface area contributed by atoms with Crippen LogP contribution in [-0.4, -0.2) is 58.3 Å². The molecule has 0 unspecified atom stereocenters. The highest BCUT2D eigenvalue weighted by molar-refractivity contribution is 6.31. The number of likely N-dealkylation sites (tertiary alicyclic amines) is 1. The molecule has 0 aromatic heterocycles. The molecule has 4 aliphatic heterocycles. The van der Waals surface area contributed by atoms with Gasteiger partial charge in [-0.05, 0) is 73.6 Å². The van der Waals surface area contributed by atoms with Gasteiger partial charge in [-0.15, -0.1) is 0 Å². The molecule has 3 saturated heterocycles. The Hall–Kier alpha value is -2.97. The van der Waals surface area contributed by atoms with Crippen molar-refractivity contribution in [2.24, 2.45) is 5.92 Å². The van der Waals surface area contributed by atoms with Crippen molar-refractivity contribution < 1.29 is 23.5 Å². The molecule has 5 fully saturated rings. The Kier molecular flexibility index (Phi) is 5.57. The third-order valence-corrected chi connectivity index (χ3v) is 9.66. The van der Waals surface area contributed by atoms with Crippen LogP contribution in [0.15, 0.2) is 36.4 Å². The zero-order valence-corrected chi connectivity index (χ0v) is 21.7. The predicted octanol–water partition coefficient (Wildman–Crippen LogP) is 4.03. The van der Waals surface area contributed by atoms with E-state index in [1.165, 1.54) is 12.1 Å². The molecule has 7 nitrogen and oxygen atoms in total. The SMILES string of the molecule is O=C1NC(=O)C2(N3Cc4cc(O[C@@H]5CCCC[C@@H]5N5CC(c6ccc(F)cc6Cl)C5)ccc4C3=O)CC1C2. The minimum Gasteiger partial charge on any atom is -0.489 e. The monoisotopic (exact) mass is 537 g/mol. The summed E-state index contributed by atoms with van der Waals surface area (Å²) >= 11 is 6.30. The summed E-state index contributed by atoms with van der Waals surface area (Å²) < 4.78 is 20.0. The van der Waals surface area contributed by atoms with Gasteiger partial charge in [-0.3, -0.25) is 24.6 Å². The number of rotatable bonds is 5. The summed E-state index contributed by atoms with van der Waals surface area (Å²) in [5.74, 6) is -0.219. The van der Waals surface area contributed by atoms with Gasteiger partial charge in [-0.25, -0.2) is 4.39 Å². The van der Waals surface area contributed by atoms with E-state index in [4.69, 9.17) is 16.3 Å². The van der Waals surface area contributed by atoms with Crippen molar-refractivity contribution in [2.45, 2.75) is 68.7 Å². The number of benzene rings is 2. The van der Waals surface area contributed by atoms with Crippen molar-refractivity contribution in [3.63, 3.8) is 0 Å². The Bertz CT molecular complexity index is 1350.